The number of aromatic nitrogens is 2. The summed E-state index contributed by atoms with van der Waals surface area (Å²) in [7, 11) is 0. The Kier molecular flexibility index (Phi) is 3.33. The number of para-hydroxylation sites is 1. The lowest BCUT2D eigenvalue weighted by molar-refractivity contribution is 0.922. The maximum atomic E-state index is 6.17. The van der Waals surface area contributed by atoms with E-state index in [1.807, 2.05) is 31.2 Å². The van der Waals surface area contributed by atoms with E-state index in [1.165, 1.54) is 0 Å². The first-order valence-corrected chi connectivity index (χ1v) is 6.96. The molecular weight excluding hydrogens is 281 g/mol. The predicted molar refractivity (Wildman–Crippen MR) is 78.5 cm³/mol. The molecule has 0 radical (unpaired) electrons. The van der Waals surface area contributed by atoms with Crippen LogP contribution in [0.25, 0.3) is 0 Å². The summed E-state index contributed by atoms with van der Waals surface area (Å²) in [4.78, 5) is 8.91. The van der Waals surface area contributed by atoms with E-state index in [0.717, 1.165) is 35.7 Å². The zero-order chi connectivity index (χ0) is 13.4. The van der Waals surface area contributed by atoms with Gasteiger partial charge in [0.15, 0.2) is 0 Å². The highest BCUT2D eigenvalue weighted by molar-refractivity contribution is 6.33. The van der Waals surface area contributed by atoms with E-state index >= 15 is 0 Å². The average molecular weight is 294 g/mol. The van der Waals surface area contributed by atoms with E-state index in [4.69, 9.17) is 23.2 Å². The molecule has 5 heteroatoms. The molecule has 19 heavy (non-hydrogen) atoms. The fourth-order valence-corrected chi connectivity index (χ4v) is 2.20. The fraction of sp³-hybridized carbons (Fsp3) is 0.286. The number of hydrogen-bond donors (Lipinski definition) is 1. The fourth-order valence-electron chi connectivity index (χ4n) is 1.84. The maximum absolute atomic E-state index is 6.17. The summed E-state index contributed by atoms with van der Waals surface area (Å²) < 4.78 is 0. The molecule has 3 rings (SSSR count). The molecule has 1 aromatic heterocycles. The molecule has 0 spiro atoms. The van der Waals surface area contributed by atoms with Gasteiger partial charge >= 0.3 is 0 Å². The van der Waals surface area contributed by atoms with Gasteiger partial charge in [-0.1, -0.05) is 35.3 Å². The first-order valence-electron chi connectivity index (χ1n) is 6.20. The lowest BCUT2D eigenvalue weighted by Crippen LogP contribution is -2.03. The highest BCUT2D eigenvalue weighted by atomic mass is 35.5. The van der Waals surface area contributed by atoms with Gasteiger partial charge in [0.1, 0.15) is 16.8 Å². The molecule has 1 heterocycles. The van der Waals surface area contributed by atoms with E-state index in [2.05, 4.69) is 15.3 Å². The average Bonchev–Trinajstić information content (AvgIpc) is 3.21. The van der Waals surface area contributed by atoms with Crippen molar-refractivity contribution in [2.24, 2.45) is 0 Å². The summed E-state index contributed by atoms with van der Waals surface area (Å²) in [5.74, 6) is 2.02. The van der Waals surface area contributed by atoms with Crippen LogP contribution in [-0.4, -0.2) is 9.97 Å². The summed E-state index contributed by atoms with van der Waals surface area (Å²) in [6.45, 7) is 1.90. The Bertz CT molecular complexity index is 624. The van der Waals surface area contributed by atoms with E-state index in [1.54, 1.807) is 0 Å². The SMILES string of the molecule is Cc1c(Cl)nc(C2CC2)nc1Nc1ccccc1Cl. The predicted octanol–water partition coefficient (Wildman–Crippen LogP) is 4.71. The van der Waals surface area contributed by atoms with Gasteiger partial charge in [0.25, 0.3) is 0 Å². The van der Waals surface area contributed by atoms with Crippen molar-refractivity contribution < 1.29 is 0 Å². The molecule has 0 amide bonds. The second-order valence-corrected chi connectivity index (χ2v) is 5.49. The van der Waals surface area contributed by atoms with Gasteiger partial charge in [-0.05, 0) is 31.9 Å². The van der Waals surface area contributed by atoms with Crippen molar-refractivity contribution in [1.29, 1.82) is 0 Å². The number of benzene rings is 1. The molecule has 1 N–H and O–H groups in total. The summed E-state index contributed by atoms with van der Waals surface area (Å²) in [5, 5.41) is 4.40. The summed E-state index contributed by atoms with van der Waals surface area (Å²) in [6.07, 6.45) is 2.29. The number of nitrogens with zero attached hydrogens (tertiary/aromatic N) is 2. The third kappa shape index (κ3) is 2.67. The molecule has 0 bridgehead atoms. The molecule has 1 aliphatic rings. The van der Waals surface area contributed by atoms with Crippen molar-refractivity contribution in [2.45, 2.75) is 25.7 Å². The number of hydrogen-bond acceptors (Lipinski definition) is 3. The molecule has 0 unspecified atom stereocenters. The van der Waals surface area contributed by atoms with Crippen LogP contribution in [0.1, 0.15) is 30.1 Å². The van der Waals surface area contributed by atoms with Gasteiger partial charge in [-0.25, -0.2) is 9.97 Å². The standard InChI is InChI=1S/C14H13Cl2N3/c1-8-12(16)18-14(9-6-7-9)19-13(8)17-11-5-3-2-4-10(11)15/h2-5,9H,6-7H2,1H3,(H,17,18,19). The Morgan fingerprint density at radius 3 is 2.58 bits per heavy atom. The van der Waals surface area contributed by atoms with Crippen molar-refractivity contribution in [3.05, 3.63) is 45.8 Å². The summed E-state index contributed by atoms with van der Waals surface area (Å²) in [5.41, 5.74) is 1.66. The van der Waals surface area contributed by atoms with Crippen LogP contribution in [0.4, 0.5) is 11.5 Å². The minimum Gasteiger partial charge on any atom is -0.339 e. The van der Waals surface area contributed by atoms with Crippen LogP contribution in [0, 0.1) is 6.92 Å². The largest absolute Gasteiger partial charge is 0.339 e. The monoisotopic (exact) mass is 293 g/mol. The molecule has 1 aliphatic carbocycles. The number of anilines is 2. The van der Waals surface area contributed by atoms with Gasteiger partial charge in [-0.3, -0.25) is 0 Å². The molecule has 0 atom stereocenters. The second-order valence-electron chi connectivity index (χ2n) is 4.73. The number of rotatable bonds is 3. The van der Waals surface area contributed by atoms with Crippen molar-refractivity contribution in [3.8, 4) is 0 Å². The molecule has 98 valence electrons. The van der Waals surface area contributed by atoms with Crippen molar-refractivity contribution in [1.82, 2.24) is 9.97 Å². The van der Waals surface area contributed by atoms with Crippen LogP contribution in [-0.2, 0) is 0 Å². The second kappa shape index (κ2) is 4.99. The number of halogens is 2. The van der Waals surface area contributed by atoms with Gasteiger partial charge in [0.2, 0.25) is 0 Å². The highest BCUT2D eigenvalue weighted by Gasteiger charge is 2.28. The van der Waals surface area contributed by atoms with E-state index in [0.29, 0.717) is 16.1 Å². The Morgan fingerprint density at radius 2 is 1.89 bits per heavy atom. The normalized spacial score (nSPS) is 14.5. The zero-order valence-electron chi connectivity index (χ0n) is 10.5. The van der Waals surface area contributed by atoms with Crippen molar-refractivity contribution in [2.75, 3.05) is 5.32 Å². The van der Waals surface area contributed by atoms with Gasteiger partial charge in [-0.2, -0.15) is 0 Å². The lowest BCUT2D eigenvalue weighted by atomic mass is 10.2. The van der Waals surface area contributed by atoms with E-state index < -0.39 is 0 Å². The Labute approximate surface area is 122 Å². The van der Waals surface area contributed by atoms with Crippen LogP contribution < -0.4 is 5.32 Å². The van der Waals surface area contributed by atoms with Gasteiger partial charge in [0, 0.05) is 11.5 Å². The molecule has 1 fully saturated rings. The third-order valence-electron chi connectivity index (χ3n) is 3.17. The number of nitrogens with one attached hydrogen (secondary N) is 1. The maximum Gasteiger partial charge on any atom is 0.138 e. The zero-order valence-corrected chi connectivity index (χ0v) is 12.0. The molecule has 1 saturated carbocycles. The Hall–Kier alpha value is -1.32. The van der Waals surface area contributed by atoms with Gasteiger partial charge < -0.3 is 5.32 Å². The quantitative estimate of drug-likeness (QED) is 0.833. The highest BCUT2D eigenvalue weighted by Crippen LogP contribution is 2.40. The molecule has 2 aromatic rings. The Morgan fingerprint density at radius 1 is 1.16 bits per heavy atom. The third-order valence-corrected chi connectivity index (χ3v) is 3.87. The van der Waals surface area contributed by atoms with E-state index in [-0.39, 0.29) is 0 Å². The Balaban J connectivity index is 1.98. The first-order chi connectivity index (χ1) is 9.15. The summed E-state index contributed by atoms with van der Waals surface area (Å²) in [6, 6.07) is 7.56. The lowest BCUT2D eigenvalue weighted by Gasteiger charge is -2.12. The molecule has 0 saturated heterocycles. The van der Waals surface area contributed by atoms with Crippen LogP contribution in [0.2, 0.25) is 10.2 Å². The molecular formula is C14H13Cl2N3. The van der Waals surface area contributed by atoms with Crippen LogP contribution in [0.15, 0.2) is 24.3 Å². The topological polar surface area (TPSA) is 37.8 Å². The van der Waals surface area contributed by atoms with Gasteiger partial charge in [-0.15, -0.1) is 0 Å². The van der Waals surface area contributed by atoms with Crippen LogP contribution in [0.3, 0.4) is 0 Å². The molecule has 3 nitrogen and oxygen atoms in total. The smallest absolute Gasteiger partial charge is 0.138 e. The van der Waals surface area contributed by atoms with Crippen LogP contribution >= 0.6 is 23.2 Å². The minimum absolute atomic E-state index is 0.463. The molecule has 1 aromatic carbocycles. The van der Waals surface area contributed by atoms with Crippen LogP contribution in [0.5, 0.6) is 0 Å². The van der Waals surface area contributed by atoms with E-state index in [9.17, 15) is 0 Å². The minimum atomic E-state index is 0.463. The molecule has 0 aliphatic heterocycles. The van der Waals surface area contributed by atoms with Crippen molar-refractivity contribution in [3.63, 3.8) is 0 Å². The van der Waals surface area contributed by atoms with Gasteiger partial charge in [0.05, 0.1) is 10.7 Å². The first kappa shape index (κ1) is 12.7. The van der Waals surface area contributed by atoms with Crippen molar-refractivity contribution >= 4 is 34.7 Å². The summed E-state index contributed by atoms with van der Waals surface area (Å²) >= 11 is 12.3.